The highest BCUT2D eigenvalue weighted by Gasteiger charge is 2.21. The SMILES string of the molecule is O=c1[nH]c(CSc2nnc(C3CCCCC3)o2)nc2scc(-c3ccccc3Cl)c12. The van der Waals surface area contributed by atoms with Gasteiger partial charge in [0.25, 0.3) is 10.8 Å². The largest absolute Gasteiger partial charge is 0.416 e. The minimum absolute atomic E-state index is 0.166. The maximum atomic E-state index is 12.8. The van der Waals surface area contributed by atoms with Gasteiger partial charge in [0.1, 0.15) is 10.7 Å². The number of benzene rings is 1. The van der Waals surface area contributed by atoms with Crippen LogP contribution in [-0.2, 0) is 5.75 Å². The number of fused-ring (bicyclic) bond motifs is 1. The van der Waals surface area contributed by atoms with E-state index in [2.05, 4.69) is 20.2 Å². The van der Waals surface area contributed by atoms with Crippen LogP contribution in [0.5, 0.6) is 0 Å². The molecule has 3 aromatic heterocycles. The van der Waals surface area contributed by atoms with Gasteiger partial charge in [-0.25, -0.2) is 4.98 Å². The van der Waals surface area contributed by atoms with Crippen LogP contribution in [-0.4, -0.2) is 20.2 Å². The van der Waals surface area contributed by atoms with Gasteiger partial charge in [0, 0.05) is 27.4 Å². The molecule has 0 aliphatic heterocycles. The molecule has 5 rings (SSSR count). The van der Waals surface area contributed by atoms with Crippen molar-refractivity contribution in [2.75, 3.05) is 0 Å². The van der Waals surface area contributed by atoms with Crippen LogP contribution >= 0.6 is 34.7 Å². The number of halogens is 1. The molecule has 1 aromatic carbocycles. The fourth-order valence-corrected chi connectivity index (χ4v) is 5.70. The lowest BCUT2D eigenvalue weighted by molar-refractivity contribution is 0.334. The van der Waals surface area contributed by atoms with E-state index < -0.39 is 0 Å². The predicted molar refractivity (Wildman–Crippen MR) is 120 cm³/mol. The zero-order valence-electron chi connectivity index (χ0n) is 16.1. The van der Waals surface area contributed by atoms with Gasteiger partial charge in [-0.3, -0.25) is 4.79 Å². The Labute approximate surface area is 186 Å². The Morgan fingerprint density at radius 3 is 2.83 bits per heavy atom. The van der Waals surface area contributed by atoms with Crippen molar-refractivity contribution in [2.45, 2.75) is 49.0 Å². The number of rotatable bonds is 5. The summed E-state index contributed by atoms with van der Waals surface area (Å²) in [6.07, 6.45) is 5.96. The van der Waals surface area contributed by atoms with Crippen molar-refractivity contribution in [1.29, 1.82) is 0 Å². The Hall–Kier alpha value is -2.16. The number of hydrogen-bond donors (Lipinski definition) is 1. The Bertz CT molecular complexity index is 1240. The normalized spacial score (nSPS) is 15.1. The number of thioether (sulfide) groups is 1. The van der Waals surface area contributed by atoms with E-state index in [9.17, 15) is 4.79 Å². The third kappa shape index (κ3) is 3.91. The lowest BCUT2D eigenvalue weighted by Gasteiger charge is -2.17. The fraction of sp³-hybridized carbons (Fsp3) is 0.333. The minimum atomic E-state index is -0.166. The molecule has 0 amide bonds. The van der Waals surface area contributed by atoms with Crippen molar-refractivity contribution in [3.8, 4) is 11.1 Å². The van der Waals surface area contributed by atoms with E-state index >= 15 is 0 Å². The average molecular weight is 459 g/mol. The number of thiophene rings is 1. The van der Waals surface area contributed by atoms with Crippen LogP contribution in [0, 0.1) is 0 Å². The second-order valence-electron chi connectivity index (χ2n) is 7.35. The second kappa shape index (κ2) is 8.53. The van der Waals surface area contributed by atoms with E-state index in [1.54, 1.807) is 0 Å². The zero-order chi connectivity index (χ0) is 20.5. The molecule has 1 aliphatic carbocycles. The van der Waals surface area contributed by atoms with Crippen molar-refractivity contribution in [2.24, 2.45) is 0 Å². The third-order valence-electron chi connectivity index (χ3n) is 5.37. The summed E-state index contributed by atoms with van der Waals surface area (Å²) in [4.78, 5) is 21.0. The van der Waals surface area contributed by atoms with Crippen LogP contribution in [0.1, 0.15) is 49.7 Å². The Morgan fingerprint density at radius 1 is 1.17 bits per heavy atom. The lowest BCUT2D eigenvalue weighted by Crippen LogP contribution is -2.10. The fourth-order valence-electron chi connectivity index (χ4n) is 3.86. The molecule has 0 saturated heterocycles. The summed E-state index contributed by atoms with van der Waals surface area (Å²) < 4.78 is 5.85. The molecule has 1 aliphatic rings. The first-order chi connectivity index (χ1) is 14.7. The van der Waals surface area contributed by atoms with Gasteiger partial charge >= 0.3 is 0 Å². The molecule has 0 unspecified atom stereocenters. The van der Waals surface area contributed by atoms with Crippen LogP contribution in [0.3, 0.4) is 0 Å². The number of aromatic amines is 1. The molecule has 0 radical (unpaired) electrons. The summed E-state index contributed by atoms with van der Waals surface area (Å²) >= 11 is 9.15. The van der Waals surface area contributed by atoms with Crippen LogP contribution < -0.4 is 5.56 Å². The molecule has 6 nitrogen and oxygen atoms in total. The van der Waals surface area contributed by atoms with Gasteiger partial charge in [0.2, 0.25) is 5.89 Å². The molecular formula is C21H19ClN4O2S2. The average Bonchev–Trinajstić information content (AvgIpc) is 3.41. The molecule has 9 heteroatoms. The zero-order valence-corrected chi connectivity index (χ0v) is 18.4. The molecule has 1 fully saturated rings. The van der Waals surface area contributed by atoms with E-state index in [1.807, 2.05) is 29.6 Å². The highest BCUT2D eigenvalue weighted by Crippen LogP contribution is 2.36. The predicted octanol–water partition coefficient (Wildman–Crippen LogP) is 6.03. The summed E-state index contributed by atoms with van der Waals surface area (Å²) in [7, 11) is 0. The summed E-state index contributed by atoms with van der Waals surface area (Å²) in [5.74, 6) is 2.15. The lowest BCUT2D eigenvalue weighted by atomic mass is 9.89. The van der Waals surface area contributed by atoms with E-state index in [-0.39, 0.29) is 5.56 Å². The molecule has 3 heterocycles. The molecule has 4 aromatic rings. The summed E-state index contributed by atoms with van der Waals surface area (Å²) in [6, 6.07) is 7.50. The first-order valence-corrected chi connectivity index (χ1v) is 12.1. The number of nitrogens with one attached hydrogen (secondary N) is 1. The Kier molecular flexibility index (Phi) is 5.62. The van der Waals surface area contributed by atoms with E-state index in [4.69, 9.17) is 16.0 Å². The Balaban J connectivity index is 1.36. The molecular weight excluding hydrogens is 440 g/mol. The van der Waals surface area contributed by atoms with Crippen molar-refractivity contribution < 1.29 is 4.42 Å². The van der Waals surface area contributed by atoms with Gasteiger partial charge < -0.3 is 9.40 Å². The van der Waals surface area contributed by atoms with Crippen molar-refractivity contribution in [1.82, 2.24) is 20.2 Å². The van der Waals surface area contributed by atoms with E-state index in [0.29, 0.717) is 38.0 Å². The van der Waals surface area contributed by atoms with E-state index in [0.717, 1.165) is 29.9 Å². The number of aromatic nitrogens is 4. The number of hydrogen-bond acceptors (Lipinski definition) is 7. The smallest absolute Gasteiger partial charge is 0.277 e. The van der Waals surface area contributed by atoms with Crippen LogP contribution in [0.4, 0.5) is 0 Å². The minimum Gasteiger partial charge on any atom is -0.416 e. The molecule has 30 heavy (non-hydrogen) atoms. The maximum Gasteiger partial charge on any atom is 0.277 e. The van der Waals surface area contributed by atoms with Crippen LogP contribution in [0.15, 0.2) is 44.1 Å². The standard InChI is InChI=1S/C21H19ClN4O2S2/c22-15-9-5-4-8-13(15)14-10-29-20-17(14)18(27)23-16(24-20)11-30-21-26-25-19(28-21)12-6-2-1-3-7-12/h4-5,8-10,12H,1-3,6-7,11H2,(H,23,24,27). The number of H-pyrrole nitrogens is 1. The third-order valence-corrected chi connectivity index (χ3v) is 7.40. The van der Waals surface area contributed by atoms with Gasteiger partial charge in [0.05, 0.1) is 11.1 Å². The maximum absolute atomic E-state index is 12.8. The quantitative estimate of drug-likeness (QED) is 0.367. The molecule has 0 bridgehead atoms. The van der Waals surface area contributed by atoms with Gasteiger partial charge in [-0.1, -0.05) is 60.8 Å². The van der Waals surface area contributed by atoms with Gasteiger partial charge in [-0.15, -0.1) is 21.5 Å². The first kappa shape index (κ1) is 19.8. The first-order valence-electron chi connectivity index (χ1n) is 9.90. The van der Waals surface area contributed by atoms with Crippen molar-refractivity contribution >= 4 is 44.9 Å². The molecule has 154 valence electrons. The second-order valence-corrected chi connectivity index (χ2v) is 9.54. The molecule has 1 N–H and O–H groups in total. The van der Waals surface area contributed by atoms with Crippen molar-refractivity contribution in [3.05, 3.63) is 56.7 Å². The van der Waals surface area contributed by atoms with Crippen molar-refractivity contribution in [3.63, 3.8) is 0 Å². The molecule has 0 atom stereocenters. The highest BCUT2D eigenvalue weighted by atomic mass is 35.5. The Morgan fingerprint density at radius 2 is 2.00 bits per heavy atom. The highest BCUT2D eigenvalue weighted by molar-refractivity contribution is 7.98. The summed E-state index contributed by atoms with van der Waals surface area (Å²) in [5.41, 5.74) is 1.48. The van der Waals surface area contributed by atoms with Gasteiger partial charge in [-0.05, 0) is 18.9 Å². The summed E-state index contributed by atoms with van der Waals surface area (Å²) in [6.45, 7) is 0. The van der Waals surface area contributed by atoms with Crippen LogP contribution in [0.2, 0.25) is 5.02 Å². The van der Waals surface area contributed by atoms with Crippen LogP contribution in [0.25, 0.3) is 21.3 Å². The molecule has 1 saturated carbocycles. The monoisotopic (exact) mass is 458 g/mol. The summed E-state index contributed by atoms with van der Waals surface area (Å²) in [5, 5.41) is 12.0. The number of nitrogens with zero attached hydrogens (tertiary/aromatic N) is 3. The van der Waals surface area contributed by atoms with Gasteiger partial charge in [-0.2, -0.15) is 0 Å². The molecule has 0 spiro atoms. The van der Waals surface area contributed by atoms with E-state index in [1.165, 1.54) is 42.4 Å². The van der Waals surface area contributed by atoms with Gasteiger partial charge in [0.15, 0.2) is 0 Å². The topological polar surface area (TPSA) is 84.7 Å².